The van der Waals surface area contributed by atoms with Crippen LogP contribution in [0.4, 0.5) is 5.69 Å². The smallest absolute Gasteiger partial charge is 0.232 e. The van der Waals surface area contributed by atoms with Crippen molar-refractivity contribution in [2.24, 2.45) is 0 Å². The number of anilines is 1. The number of methoxy groups -OCH3 is 1. The second kappa shape index (κ2) is 8.31. The van der Waals surface area contributed by atoms with Gasteiger partial charge in [0.25, 0.3) is 0 Å². The molecule has 0 saturated carbocycles. The highest BCUT2D eigenvalue weighted by Crippen LogP contribution is 2.24. The van der Waals surface area contributed by atoms with Gasteiger partial charge in [0, 0.05) is 21.3 Å². The first-order valence-electron chi connectivity index (χ1n) is 7.51. The zero-order valence-electron chi connectivity index (χ0n) is 13.8. The van der Waals surface area contributed by atoms with Gasteiger partial charge in [-0.15, -0.1) is 0 Å². The molecule has 1 N–H and O–H groups in total. The third-order valence-corrected chi connectivity index (χ3v) is 5.23. The molecule has 2 rings (SSSR count). The molecule has 0 unspecified atom stereocenters. The third kappa shape index (κ3) is 5.44. The van der Waals surface area contributed by atoms with Crippen LogP contribution in [0.15, 0.2) is 53.0 Å². The summed E-state index contributed by atoms with van der Waals surface area (Å²) in [5.41, 5.74) is 1.67. The van der Waals surface area contributed by atoms with Crippen LogP contribution in [0.2, 0.25) is 0 Å². The molecule has 0 aliphatic rings. The normalized spacial score (nSPS) is 11.5. The summed E-state index contributed by atoms with van der Waals surface area (Å²) < 4.78 is 31.6. The van der Waals surface area contributed by atoms with Crippen molar-refractivity contribution in [2.45, 2.75) is 6.92 Å². The number of benzene rings is 2. The molecule has 0 saturated heterocycles. The Morgan fingerprint density at radius 3 is 2.48 bits per heavy atom. The van der Waals surface area contributed by atoms with Gasteiger partial charge in [0.2, 0.25) is 10.0 Å². The third-order valence-electron chi connectivity index (χ3n) is 3.43. The Kier molecular flexibility index (Phi) is 6.39. The molecule has 0 amide bonds. The molecule has 7 heteroatoms. The van der Waals surface area contributed by atoms with Gasteiger partial charge >= 0.3 is 0 Å². The summed E-state index contributed by atoms with van der Waals surface area (Å²) in [5.74, 6) is 0.466. The van der Waals surface area contributed by atoms with Crippen LogP contribution in [-0.2, 0) is 10.0 Å². The van der Waals surface area contributed by atoms with E-state index in [0.717, 1.165) is 10.0 Å². The number of rotatable bonds is 7. The Morgan fingerprint density at radius 2 is 1.88 bits per heavy atom. The van der Waals surface area contributed by atoms with E-state index >= 15 is 0 Å². The lowest BCUT2D eigenvalue weighted by molar-refractivity contribution is 0.104. The average molecular weight is 424 g/mol. The van der Waals surface area contributed by atoms with Crippen molar-refractivity contribution in [2.75, 3.05) is 17.6 Å². The molecular formula is C18H18BrNO4S. The zero-order chi connectivity index (χ0) is 18.4. The number of ether oxygens (including phenoxy) is 1. The van der Waals surface area contributed by atoms with Crippen LogP contribution in [0.1, 0.15) is 22.8 Å². The zero-order valence-corrected chi connectivity index (χ0v) is 16.2. The van der Waals surface area contributed by atoms with Crippen molar-refractivity contribution in [3.05, 3.63) is 64.1 Å². The predicted octanol–water partition coefficient (Wildman–Crippen LogP) is 4.12. The number of nitrogens with one attached hydrogen (secondary N) is 1. The lowest BCUT2D eigenvalue weighted by atomic mass is 10.1. The standard InChI is InChI=1S/C18H18BrNO4S/c1-3-25(22,23)20-16-8-4-13(5-9-16)17(21)10-6-14-12-15(19)7-11-18(14)24-2/h4-12,20H,3H2,1-2H3/b10-6+. The van der Waals surface area contributed by atoms with Crippen molar-refractivity contribution in [3.63, 3.8) is 0 Å². The molecule has 0 spiro atoms. The Balaban J connectivity index is 2.15. The summed E-state index contributed by atoms with van der Waals surface area (Å²) in [4.78, 5) is 12.3. The topological polar surface area (TPSA) is 72.5 Å². The van der Waals surface area contributed by atoms with E-state index in [1.807, 2.05) is 18.2 Å². The molecule has 25 heavy (non-hydrogen) atoms. The summed E-state index contributed by atoms with van der Waals surface area (Å²) in [5, 5.41) is 0. The highest BCUT2D eigenvalue weighted by molar-refractivity contribution is 9.10. The Bertz CT molecular complexity index is 890. The summed E-state index contributed by atoms with van der Waals surface area (Å²) in [6.07, 6.45) is 3.13. The van der Waals surface area contributed by atoms with Gasteiger partial charge in [-0.3, -0.25) is 9.52 Å². The second-order valence-corrected chi connectivity index (χ2v) is 8.09. The van der Waals surface area contributed by atoms with Gasteiger partial charge in [0.1, 0.15) is 5.75 Å². The number of allylic oxidation sites excluding steroid dienone is 1. The lowest BCUT2D eigenvalue weighted by Gasteiger charge is -2.06. The number of carbonyl (C=O) groups is 1. The van der Waals surface area contributed by atoms with Crippen molar-refractivity contribution < 1.29 is 17.9 Å². The first-order chi connectivity index (χ1) is 11.8. The van der Waals surface area contributed by atoms with E-state index < -0.39 is 10.0 Å². The van der Waals surface area contributed by atoms with Crippen LogP contribution < -0.4 is 9.46 Å². The molecule has 0 aliphatic heterocycles. The Morgan fingerprint density at radius 1 is 1.20 bits per heavy atom. The maximum absolute atomic E-state index is 12.3. The number of hydrogen-bond donors (Lipinski definition) is 1. The molecule has 5 nitrogen and oxygen atoms in total. The molecule has 0 fully saturated rings. The first-order valence-corrected chi connectivity index (χ1v) is 9.95. The SMILES string of the molecule is CCS(=O)(=O)Nc1ccc(C(=O)/C=C/c2cc(Br)ccc2OC)cc1. The van der Waals surface area contributed by atoms with Crippen LogP contribution in [0.3, 0.4) is 0 Å². The number of hydrogen-bond acceptors (Lipinski definition) is 4. The molecular weight excluding hydrogens is 406 g/mol. The molecule has 2 aromatic carbocycles. The Hall–Kier alpha value is -2.12. The van der Waals surface area contributed by atoms with E-state index in [0.29, 0.717) is 17.0 Å². The number of halogens is 1. The monoisotopic (exact) mass is 423 g/mol. The summed E-state index contributed by atoms with van der Waals surface area (Å²) >= 11 is 3.38. The van der Waals surface area contributed by atoms with E-state index in [2.05, 4.69) is 20.7 Å². The van der Waals surface area contributed by atoms with Crippen LogP contribution in [-0.4, -0.2) is 27.1 Å². The number of ketones is 1. The fourth-order valence-corrected chi connectivity index (χ4v) is 3.07. The van der Waals surface area contributed by atoms with Gasteiger partial charge in [-0.2, -0.15) is 0 Å². The maximum Gasteiger partial charge on any atom is 0.232 e. The van der Waals surface area contributed by atoms with Crippen LogP contribution in [0.5, 0.6) is 5.75 Å². The minimum absolute atomic E-state index is 0.00904. The largest absolute Gasteiger partial charge is 0.496 e. The summed E-state index contributed by atoms with van der Waals surface area (Å²) in [6, 6.07) is 11.8. The number of sulfonamides is 1. The summed E-state index contributed by atoms with van der Waals surface area (Å²) in [6.45, 7) is 1.56. The van der Waals surface area contributed by atoms with Gasteiger partial charge in [-0.05, 0) is 61.5 Å². The minimum Gasteiger partial charge on any atom is -0.496 e. The van der Waals surface area contributed by atoms with Gasteiger partial charge in [0.05, 0.1) is 12.9 Å². The van der Waals surface area contributed by atoms with Gasteiger partial charge < -0.3 is 4.74 Å². The van der Waals surface area contributed by atoms with Crippen molar-refractivity contribution in [3.8, 4) is 5.75 Å². The molecule has 132 valence electrons. The highest BCUT2D eigenvalue weighted by atomic mass is 79.9. The quantitative estimate of drug-likeness (QED) is 0.536. The van der Waals surface area contributed by atoms with E-state index in [4.69, 9.17) is 4.74 Å². The molecule has 0 heterocycles. The fraction of sp³-hybridized carbons (Fsp3) is 0.167. The fourth-order valence-electron chi connectivity index (χ4n) is 2.05. The minimum atomic E-state index is -3.33. The van der Waals surface area contributed by atoms with E-state index in [9.17, 15) is 13.2 Å². The van der Waals surface area contributed by atoms with Gasteiger partial charge in [0.15, 0.2) is 5.78 Å². The predicted molar refractivity (Wildman–Crippen MR) is 104 cm³/mol. The lowest BCUT2D eigenvalue weighted by Crippen LogP contribution is -2.14. The highest BCUT2D eigenvalue weighted by Gasteiger charge is 2.08. The van der Waals surface area contributed by atoms with E-state index in [1.54, 1.807) is 44.4 Å². The molecule has 0 atom stereocenters. The molecule has 0 aromatic heterocycles. The maximum atomic E-state index is 12.3. The van der Waals surface area contributed by atoms with Crippen LogP contribution in [0.25, 0.3) is 6.08 Å². The molecule has 2 aromatic rings. The van der Waals surface area contributed by atoms with Crippen LogP contribution >= 0.6 is 15.9 Å². The van der Waals surface area contributed by atoms with Crippen molar-refractivity contribution in [1.29, 1.82) is 0 Å². The number of carbonyl (C=O) groups excluding carboxylic acids is 1. The molecule has 0 aliphatic carbocycles. The molecule has 0 radical (unpaired) electrons. The Labute approximate surface area is 155 Å². The van der Waals surface area contributed by atoms with Crippen molar-refractivity contribution >= 4 is 43.5 Å². The van der Waals surface area contributed by atoms with Gasteiger partial charge in [-0.1, -0.05) is 15.9 Å². The first kappa shape index (κ1) is 19.2. The van der Waals surface area contributed by atoms with E-state index in [-0.39, 0.29) is 11.5 Å². The van der Waals surface area contributed by atoms with Crippen molar-refractivity contribution in [1.82, 2.24) is 0 Å². The molecule has 0 bridgehead atoms. The van der Waals surface area contributed by atoms with Gasteiger partial charge in [-0.25, -0.2) is 8.42 Å². The van der Waals surface area contributed by atoms with Crippen LogP contribution in [0, 0.1) is 0 Å². The second-order valence-electron chi connectivity index (χ2n) is 5.17. The van der Waals surface area contributed by atoms with E-state index in [1.165, 1.54) is 6.08 Å². The average Bonchev–Trinajstić information content (AvgIpc) is 2.60. The summed E-state index contributed by atoms with van der Waals surface area (Å²) in [7, 11) is -1.76.